The number of aliphatic carboxylic acids is 1. The van der Waals surface area contributed by atoms with E-state index in [1.165, 1.54) is 23.9 Å². The predicted octanol–water partition coefficient (Wildman–Crippen LogP) is 3.45. The van der Waals surface area contributed by atoms with Crippen molar-refractivity contribution in [3.05, 3.63) is 46.5 Å². The number of benzene rings is 1. The number of carboxylic acid groups (broad SMARTS) is 1. The van der Waals surface area contributed by atoms with E-state index in [0.717, 1.165) is 4.90 Å². The molecule has 1 saturated heterocycles. The summed E-state index contributed by atoms with van der Waals surface area (Å²) in [7, 11) is 0. The Labute approximate surface area is 217 Å². The average Bonchev–Trinajstić information content (AvgIpc) is 2.85. The van der Waals surface area contributed by atoms with E-state index in [2.05, 4.69) is 17.2 Å². The van der Waals surface area contributed by atoms with Crippen LogP contribution in [0.3, 0.4) is 0 Å². The number of carboxylic acids is 1. The maximum atomic E-state index is 12.6. The molecule has 190 valence electrons. The SMILES string of the molecule is C=CCOC(=O)NCC(NC(=O)C1CCN(C(=O)C=Cc2ccc(SC)c(Cl)c2Cl)CC1)C(=O)O. The minimum atomic E-state index is -1.31. The van der Waals surface area contributed by atoms with Gasteiger partial charge in [0, 0.05) is 30.0 Å². The molecule has 0 aromatic heterocycles. The van der Waals surface area contributed by atoms with Gasteiger partial charge in [0.2, 0.25) is 11.8 Å². The zero-order valence-corrected chi connectivity index (χ0v) is 21.4. The zero-order valence-electron chi connectivity index (χ0n) is 19.1. The molecule has 1 aromatic rings. The number of amides is 3. The van der Waals surface area contributed by atoms with Gasteiger partial charge in [0.1, 0.15) is 12.6 Å². The fourth-order valence-electron chi connectivity index (χ4n) is 3.32. The van der Waals surface area contributed by atoms with Crippen LogP contribution in [0.25, 0.3) is 6.08 Å². The summed E-state index contributed by atoms with van der Waals surface area (Å²) in [4.78, 5) is 50.5. The first-order valence-electron chi connectivity index (χ1n) is 10.7. The lowest BCUT2D eigenvalue weighted by Crippen LogP contribution is -2.51. The smallest absolute Gasteiger partial charge is 0.407 e. The predicted molar refractivity (Wildman–Crippen MR) is 136 cm³/mol. The van der Waals surface area contributed by atoms with Gasteiger partial charge in [-0.25, -0.2) is 9.59 Å². The lowest BCUT2D eigenvalue weighted by Gasteiger charge is -2.31. The van der Waals surface area contributed by atoms with Gasteiger partial charge in [-0.15, -0.1) is 11.8 Å². The van der Waals surface area contributed by atoms with Crippen LogP contribution >= 0.6 is 35.0 Å². The number of halogens is 2. The molecule has 2 rings (SSSR count). The Morgan fingerprint density at radius 2 is 1.94 bits per heavy atom. The second-order valence-corrected chi connectivity index (χ2v) is 9.19. The molecule has 1 fully saturated rings. The van der Waals surface area contributed by atoms with Crippen molar-refractivity contribution < 1.29 is 29.0 Å². The van der Waals surface area contributed by atoms with Crippen molar-refractivity contribution in [2.45, 2.75) is 23.8 Å². The van der Waals surface area contributed by atoms with E-state index in [-0.39, 0.29) is 19.1 Å². The van der Waals surface area contributed by atoms with Gasteiger partial charge in [-0.1, -0.05) is 41.9 Å². The van der Waals surface area contributed by atoms with Gasteiger partial charge in [0.15, 0.2) is 0 Å². The highest BCUT2D eigenvalue weighted by molar-refractivity contribution is 7.98. The number of carbonyl (C=O) groups is 4. The highest BCUT2D eigenvalue weighted by Crippen LogP contribution is 2.35. The Bertz CT molecular complexity index is 996. The summed E-state index contributed by atoms with van der Waals surface area (Å²) in [5, 5.41) is 14.9. The standard InChI is InChI=1S/C23H27Cl2N3O6S/c1-3-12-34-23(33)26-13-16(22(31)32)27-21(30)15-8-10-28(11-9-15)18(29)7-5-14-4-6-17(35-2)20(25)19(14)24/h3-7,15-16H,1,8-13H2,2H3,(H,26,33)(H,27,30)(H,31,32). The van der Waals surface area contributed by atoms with Crippen LogP contribution in [0.2, 0.25) is 10.0 Å². The summed E-state index contributed by atoms with van der Waals surface area (Å²) < 4.78 is 4.72. The Hall–Kier alpha value is -2.69. The van der Waals surface area contributed by atoms with E-state index in [4.69, 9.17) is 27.9 Å². The first-order chi connectivity index (χ1) is 16.7. The molecular weight excluding hydrogens is 517 g/mol. The Morgan fingerprint density at radius 3 is 2.54 bits per heavy atom. The normalized spacial score (nSPS) is 14.9. The summed E-state index contributed by atoms with van der Waals surface area (Å²) in [6.45, 7) is 3.73. The Balaban J connectivity index is 1.86. The molecule has 35 heavy (non-hydrogen) atoms. The third kappa shape index (κ3) is 8.48. The minimum Gasteiger partial charge on any atom is -0.480 e. The maximum absolute atomic E-state index is 12.6. The number of nitrogens with one attached hydrogen (secondary N) is 2. The van der Waals surface area contributed by atoms with E-state index in [1.807, 2.05) is 12.3 Å². The first-order valence-corrected chi connectivity index (χ1v) is 12.7. The number of carbonyl (C=O) groups excluding carboxylic acids is 3. The number of thioether (sulfide) groups is 1. The number of alkyl carbamates (subject to hydrolysis) is 1. The molecule has 9 nitrogen and oxygen atoms in total. The molecule has 12 heteroatoms. The van der Waals surface area contributed by atoms with E-state index >= 15 is 0 Å². The largest absolute Gasteiger partial charge is 0.480 e. The highest BCUT2D eigenvalue weighted by atomic mass is 35.5. The molecule has 1 unspecified atom stereocenters. The topological polar surface area (TPSA) is 125 Å². The number of hydrogen-bond donors (Lipinski definition) is 3. The van der Waals surface area contributed by atoms with Gasteiger partial charge < -0.3 is 25.4 Å². The van der Waals surface area contributed by atoms with Crippen LogP contribution in [0.15, 0.2) is 35.8 Å². The maximum Gasteiger partial charge on any atom is 0.407 e. The van der Waals surface area contributed by atoms with E-state index in [1.54, 1.807) is 17.0 Å². The van der Waals surface area contributed by atoms with Crippen LogP contribution in [-0.4, -0.2) is 72.4 Å². The summed E-state index contributed by atoms with van der Waals surface area (Å²) in [6.07, 6.45) is 6.22. The Morgan fingerprint density at radius 1 is 1.26 bits per heavy atom. The van der Waals surface area contributed by atoms with Gasteiger partial charge in [0.05, 0.1) is 16.6 Å². The van der Waals surface area contributed by atoms with E-state index in [0.29, 0.717) is 41.5 Å². The third-order valence-electron chi connectivity index (χ3n) is 5.28. The van der Waals surface area contributed by atoms with Crippen LogP contribution in [0.5, 0.6) is 0 Å². The fraction of sp³-hybridized carbons (Fsp3) is 0.391. The number of rotatable bonds is 10. The van der Waals surface area contributed by atoms with Crippen LogP contribution in [0, 0.1) is 5.92 Å². The van der Waals surface area contributed by atoms with Crippen molar-refractivity contribution in [2.24, 2.45) is 5.92 Å². The molecule has 0 radical (unpaired) electrons. The highest BCUT2D eigenvalue weighted by Gasteiger charge is 2.30. The van der Waals surface area contributed by atoms with Gasteiger partial charge in [0.25, 0.3) is 0 Å². The van der Waals surface area contributed by atoms with Crippen molar-refractivity contribution in [1.29, 1.82) is 0 Å². The molecular formula is C23H27Cl2N3O6S. The minimum absolute atomic E-state index is 0.0203. The Kier molecular flexibility index (Phi) is 11.4. The average molecular weight is 544 g/mol. The van der Waals surface area contributed by atoms with E-state index in [9.17, 15) is 24.3 Å². The second-order valence-electron chi connectivity index (χ2n) is 7.59. The second kappa shape index (κ2) is 14.0. The van der Waals surface area contributed by atoms with Crippen LogP contribution in [-0.2, 0) is 19.1 Å². The number of ether oxygens (including phenoxy) is 1. The summed E-state index contributed by atoms with van der Waals surface area (Å²) >= 11 is 14.0. The molecule has 3 N–H and O–H groups in total. The first kappa shape index (κ1) is 28.5. The molecule has 0 spiro atoms. The molecule has 1 atom stereocenters. The van der Waals surface area contributed by atoms with Crippen molar-refractivity contribution in [2.75, 3.05) is 32.5 Å². The number of piperidine rings is 1. The van der Waals surface area contributed by atoms with Crippen molar-refractivity contribution in [1.82, 2.24) is 15.5 Å². The number of likely N-dealkylation sites (tertiary alicyclic amines) is 1. The lowest BCUT2D eigenvalue weighted by molar-refractivity contribution is -0.142. The van der Waals surface area contributed by atoms with E-state index < -0.39 is 29.9 Å². The van der Waals surface area contributed by atoms with Gasteiger partial charge >= 0.3 is 12.1 Å². The summed E-state index contributed by atoms with van der Waals surface area (Å²) in [5.74, 6) is -2.42. The van der Waals surface area contributed by atoms with Gasteiger partial charge in [-0.05, 0) is 36.8 Å². The summed E-state index contributed by atoms with van der Waals surface area (Å²) in [5.41, 5.74) is 0.624. The molecule has 3 amide bonds. The third-order valence-corrected chi connectivity index (χ3v) is 7.07. The molecule has 1 aliphatic heterocycles. The number of hydrogen-bond acceptors (Lipinski definition) is 6. The quantitative estimate of drug-likeness (QED) is 0.234. The lowest BCUT2D eigenvalue weighted by atomic mass is 9.95. The molecule has 1 aromatic carbocycles. The van der Waals surface area contributed by atoms with Gasteiger partial charge in [-0.2, -0.15) is 0 Å². The van der Waals surface area contributed by atoms with Crippen LogP contribution in [0.4, 0.5) is 4.79 Å². The molecule has 0 saturated carbocycles. The van der Waals surface area contributed by atoms with Crippen LogP contribution in [0.1, 0.15) is 18.4 Å². The van der Waals surface area contributed by atoms with Crippen molar-refractivity contribution in [3.8, 4) is 0 Å². The fourth-order valence-corrected chi connectivity index (χ4v) is 4.50. The summed E-state index contributed by atoms with van der Waals surface area (Å²) in [6, 6.07) is 2.31. The van der Waals surface area contributed by atoms with Crippen molar-refractivity contribution >= 4 is 64.9 Å². The van der Waals surface area contributed by atoms with Gasteiger partial charge in [-0.3, -0.25) is 9.59 Å². The molecule has 1 heterocycles. The molecule has 0 bridgehead atoms. The monoisotopic (exact) mass is 543 g/mol. The number of nitrogens with zero attached hydrogens (tertiary/aromatic N) is 1. The van der Waals surface area contributed by atoms with Crippen molar-refractivity contribution in [3.63, 3.8) is 0 Å². The molecule has 0 aliphatic carbocycles. The molecule has 1 aliphatic rings. The zero-order chi connectivity index (χ0) is 26.0. The van der Waals surface area contributed by atoms with Crippen LogP contribution < -0.4 is 10.6 Å².